The molecule has 2 amide bonds. The topological polar surface area (TPSA) is 103 Å². The zero-order valence-electron chi connectivity index (χ0n) is 29.4. The van der Waals surface area contributed by atoms with Gasteiger partial charge in [-0.05, 0) is 51.5 Å². The summed E-state index contributed by atoms with van der Waals surface area (Å²) in [5, 5.41) is 5.85. The Morgan fingerprint density at radius 1 is 0.870 bits per heavy atom. The summed E-state index contributed by atoms with van der Waals surface area (Å²) in [4.78, 5) is 38.1. The molecule has 1 heterocycles. The van der Waals surface area contributed by atoms with Gasteiger partial charge in [0.2, 0.25) is 11.8 Å². The summed E-state index contributed by atoms with van der Waals surface area (Å²) in [6.07, 6.45) is 20.2. The van der Waals surface area contributed by atoms with E-state index in [9.17, 15) is 14.4 Å². The van der Waals surface area contributed by atoms with Crippen LogP contribution < -0.4 is 10.6 Å². The van der Waals surface area contributed by atoms with E-state index in [1.165, 1.54) is 57.8 Å². The molecule has 2 rings (SSSR count). The summed E-state index contributed by atoms with van der Waals surface area (Å²) in [7, 11) is 0. The lowest BCUT2D eigenvalue weighted by Crippen LogP contribution is -2.56. The minimum absolute atomic E-state index is 0.0170. The largest absolute Gasteiger partial charge is 0.463 e. The predicted molar refractivity (Wildman–Crippen MR) is 184 cm³/mol. The number of esters is 1. The highest BCUT2D eigenvalue weighted by molar-refractivity contribution is 5.82. The number of benzene rings is 1. The van der Waals surface area contributed by atoms with E-state index in [1.807, 2.05) is 44.2 Å². The highest BCUT2D eigenvalue weighted by Crippen LogP contribution is 2.34. The first-order chi connectivity index (χ1) is 22.0. The molecule has 260 valence electrons. The molecule has 0 saturated carbocycles. The third-order valence-electron chi connectivity index (χ3n) is 8.38. The summed E-state index contributed by atoms with van der Waals surface area (Å²) < 4.78 is 17.1. The van der Waals surface area contributed by atoms with E-state index in [-0.39, 0.29) is 31.4 Å². The second kappa shape index (κ2) is 22.0. The molecular formula is C38H62N2O6. The van der Waals surface area contributed by atoms with Gasteiger partial charge in [-0.15, -0.1) is 0 Å². The maximum atomic E-state index is 12.8. The first-order valence-corrected chi connectivity index (χ1v) is 17.8. The van der Waals surface area contributed by atoms with Crippen LogP contribution in [-0.2, 0) is 28.6 Å². The van der Waals surface area contributed by atoms with Gasteiger partial charge in [-0.1, -0.05) is 115 Å². The van der Waals surface area contributed by atoms with E-state index in [2.05, 4.69) is 29.7 Å². The third kappa shape index (κ3) is 16.7. The maximum Gasteiger partial charge on any atom is 0.307 e. The fraction of sp³-hybridized carbons (Fsp3) is 0.711. The molecule has 0 aromatic heterocycles. The molecule has 46 heavy (non-hydrogen) atoms. The number of amides is 2. The van der Waals surface area contributed by atoms with Gasteiger partial charge >= 0.3 is 5.97 Å². The lowest BCUT2D eigenvalue weighted by molar-refractivity contribution is -0.304. The zero-order chi connectivity index (χ0) is 33.7. The number of ether oxygens (including phenoxy) is 3. The van der Waals surface area contributed by atoms with Crippen molar-refractivity contribution in [2.24, 2.45) is 5.41 Å². The molecular weight excluding hydrogens is 580 g/mol. The van der Waals surface area contributed by atoms with Crippen LogP contribution in [0.2, 0.25) is 0 Å². The number of hydrogen-bond donors (Lipinski definition) is 2. The Balaban J connectivity index is 1.63. The van der Waals surface area contributed by atoms with Crippen LogP contribution in [0.4, 0.5) is 0 Å². The van der Waals surface area contributed by atoms with Crippen molar-refractivity contribution in [1.29, 1.82) is 0 Å². The highest BCUT2D eigenvalue weighted by Gasteiger charge is 2.45. The van der Waals surface area contributed by atoms with Crippen molar-refractivity contribution in [3.05, 3.63) is 48.0 Å². The summed E-state index contributed by atoms with van der Waals surface area (Å²) in [5.41, 5.74) is 0.383. The normalized spacial score (nSPS) is 17.8. The van der Waals surface area contributed by atoms with Gasteiger partial charge in [0.05, 0.1) is 19.1 Å². The van der Waals surface area contributed by atoms with E-state index in [0.29, 0.717) is 13.0 Å². The number of carbonyl (C=O) groups excluding carboxylic acids is 3. The van der Waals surface area contributed by atoms with Gasteiger partial charge in [-0.3, -0.25) is 14.4 Å². The van der Waals surface area contributed by atoms with Crippen LogP contribution in [0.5, 0.6) is 0 Å². The van der Waals surface area contributed by atoms with Crippen molar-refractivity contribution in [3.63, 3.8) is 0 Å². The average Bonchev–Trinajstić information content (AvgIpc) is 3.02. The molecule has 8 heteroatoms. The zero-order valence-corrected chi connectivity index (χ0v) is 29.4. The summed E-state index contributed by atoms with van der Waals surface area (Å²) in [6, 6.07) is 9.10. The molecule has 1 unspecified atom stereocenters. The average molecular weight is 643 g/mol. The molecule has 1 aliphatic heterocycles. The van der Waals surface area contributed by atoms with E-state index in [0.717, 1.165) is 31.2 Å². The summed E-state index contributed by atoms with van der Waals surface area (Å²) in [5.74, 6) is -1.62. The lowest BCUT2D eigenvalue weighted by atomic mass is 9.85. The Hall–Kier alpha value is -2.71. The molecule has 1 aromatic rings. The number of hydrogen-bond acceptors (Lipinski definition) is 6. The van der Waals surface area contributed by atoms with E-state index in [1.54, 1.807) is 13.8 Å². The first-order valence-electron chi connectivity index (χ1n) is 17.8. The van der Waals surface area contributed by atoms with Crippen molar-refractivity contribution in [1.82, 2.24) is 10.6 Å². The van der Waals surface area contributed by atoms with E-state index in [4.69, 9.17) is 14.2 Å². The van der Waals surface area contributed by atoms with Crippen LogP contribution in [-0.4, -0.2) is 49.4 Å². The smallest absolute Gasteiger partial charge is 0.307 e. The number of nitrogens with one attached hydrogen (secondary N) is 2. The van der Waals surface area contributed by atoms with Crippen molar-refractivity contribution in [3.8, 4) is 0 Å². The first kappa shape index (κ1) is 39.5. The van der Waals surface area contributed by atoms with Gasteiger partial charge in [0, 0.05) is 18.4 Å². The second-order valence-electron chi connectivity index (χ2n) is 13.8. The molecule has 1 aliphatic rings. The third-order valence-corrected chi connectivity index (χ3v) is 8.38. The monoisotopic (exact) mass is 642 g/mol. The molecule has 0 aliphatic carbocycles. The van der Waals surface area contributed by atoms with Gasteiger partial charge in [0.15, 0.2) is 5.79 Å². The van der Waals surface area contributed by atoms with Crippen LogP contribution >= 0.6 is 0 Å². The fourth-order valence-electron chi connectivity index (χ4n) is 5.48. The molecule has 1 fully saturated rings. The Bertz CT molecular complexity index is 1040. The Kier molecular flexibility index (Phi) is 18.8. The summed E-state index contributed by atoms with van der Waals surface area (Å²) in [6.45, 7) is 10.2. The lowest BCUT2D eigenvalue weighted by Gasteiger charge is -2.44. The van der Waals surface area contributed by atoms with Gasteiger partial charge in [0.25, 0.3) is 0 Å². The predicted octanol–water partition coefficient (Wildman–Crippen LogP) is 8.11. The molecule has 2 N–H and O–H groups in total. The van der Waals surface area contributed by atoms with Crippen LogP contribution in [0, 0.1) is 5.41 Å². The van der Waals surface area contributed by atoms with Gasteiger partial charge < -0.3 is 24.8 Å². The highest BCUT2D eigenvalue weighted by atomic mass is 16.7. The van der Waals surface area contributed by atoms with Gasteiger partial charge in [-0.25, -0.2) is 0 Å². The fourth-order valence-corrected chi connectivity index (χ4v) is 5.48. The van der Waals surface area contributed by atoms with Crippen LogP contribution in [0.3, 0.4) is 0 Å². The van der Waals surface area contributed by atoms with Gasteiger partial charge in [0.1, 0.15) is 12.7 Å². The SMILES string of the molecule is CCCCCCCCC=CCCCCCCCC(=O)N[C@H](COC(=O)CCNC(=O)C1OC(C)(C)OCC1(C)C)c1ccccc1. The van der Waals surface area contributed by atoms with Crippen LogP contribution in [0.25, 0.3) is 0 Å². The maximum absolute atomic E-state index is 12.8. The Labute approximate surface area is 278 Å². The Morgan fingerprint density at radius 3 is 2.13 bits per heavy atom. The molecule has 0 radical (unpaired) electrons. The second-order valence-corrected chi connectivity index (χ2v) is 13.8. The van der Waals surface area contributed by atoms with Crippen molar-refractivity contribution in [2.45, 2.75) is 149 Å². The number of rotatable bonds is 23. The van der Waals surface area contributed by atoms with Gasteiger partial charge in [-0.2, -0.15) is 0 Å². The molecule has 8 nitrogen and oxygen atoms in total. The number of carbonyl (C=O) groups is 3. The van der Waals surface area contributed by atoms with Crippen LogP contribution in [0.15, 0.2) is 42.5 Å². The number of allylic oxidation sites excluding steroid dienone is 2. The minimum Gasteiger partial charge on any atom is -0.463 e. The van der Waals surface area contributed by atoms with E-state index >= 15 is 0 Å². The van der Waals surface area contributed by atoms with Crippen molar-refractivity contribution >= 4 is 17.8 Å². The quantitative estimate of drug-likeness (QED) is 0.0710. The molecule has 2 atom stereocenters. The Morgan fingerprint density at radius 2 is 1.48 bits per heavy atom. The molecule has 1 saturated heterocycles. The summed E-state index contributed by atoms with van der Waals surface area (Å²) >= 11 is 0. The van der Waals surface area contributed by atoms with Crippen molar-refractivity contribution < 1.29 is 28.6 Å². The minimum atomic E-state index is -0.850. The molecule has 0 bridgehead atoms. The van der Waals surface area contributed by atoms with Crippen LogP contribution in [0.1, 0.15) is 143 Å². The molecule has 0 spiro atoms. The van der Waals surface area contributed by atoms with Crippen molar-refractivity contribution in [2.75, 3.05) is 19.8 Å². The number of unbranched alkanes of at least 4 members (excludes halogenated alkanes) is 11. The van der Waals surface area contributed by atoms with E-state index < -0.39 is 29.3 Å². The standard InChI is InChI=1S/C38H62N2O6/c1-6-7-8-9-10-11-12-13-14-15-16-17-18-19-23-26-33(41)40-32(31-24-21-20-22-25-31)29-44-34(42)27-28-39-36(43)35-37(2,3)30-45-38(4,5)46-35/h13-14,20-22,24-25,32,35H,6-12,15-19,23,26-30H2,1-5H3,(H,39,43)(H,40,41)/t32-,35?/m1/s1. The molecule has 1 aromatic carbocycles.